The van der Waals surface area contributed by atoms with Gasteiger partial charge >= 0.3 is 0 Å². The van der Waals surface area contributed by atoms with E-state index in [0.29, 0.717) is 24.0 Å². The summed E-state index contributed by atoms with van der Waals surface area (Å²) in [6.07, 6.45) is 7.49. The van der Waals surface area contributed by atoms with Gasteiger partial charge in [-0.3, -0.25) is 4.79 Å². The summed E-state index contributed by atoms with van der Waals surface area (Å²) in [4.78, 5) is 11.9. The molecule has 1 fully saturated rings. The van der Waals surface area contributed by atoms with Gasteiger partial charge in [0, 0.05) is 12.3 Å². The zero-order chi connectivity index (χ0) is 17.6. The van der Waals surface area contributed by atoms with Crippen LogP contribution in [0.4, 0.5) is 0 Å². The Bertz CT molecular complexity index is 673. The van der Waals surface area contributed by atoms with Gasteiger partial charge in [0.25, 0.3) is 0 Å². The van der Waals surface area contributed by atoms with E-state index in [-0.39, 0.29) is 0 Å². The van der Waals surface area contributed by atoms with Crippen molar-refractivity contribution in [2.24, 2.45) is 5.92 Å². The third-order valence-corrected chi connectivity index (χ3v) is 5.74. The molecule has 1 heteroatoms. The van der Waals surface area contributed by atoms with E-state index in [4.69, 9.17) is 0 Å². The first-order valence-electron chi connectivity index (χ1n) is 9.93. The first-order valence-corrected chi connectivity index (χ1v) is 9.93. The van der Waals surface area contributed by atoms with Crippen LogP contribution in [0.5, 0.6) is 0 Å². The van der Waals surface area contributed by atoms with Crippen LogP contribution in [0.25, 0.3) is 11.1 Å². The third-order valence-electron chi connectivity index (χ3n) is 5.74. The summed E-state index contributed by atoms with van der Waals surface area (Å²) in [5, 5.41) is 0. The normalized spacial score (nSPS) is 20.4. The second kappa shape index (κ2) is 8.47. The second-order valence-electron chi connectivity index (χ2n) is 7.44. The largest absolute Gasteiger partial charge is 0.299 e. The SMILES string of the molecule is CCCc1ccc(-c2ccc(C3CCC(C(=O)CC)CC3)cc2)cc1. The number of carbonyl (C=O) groups is 1. The van der Waals surface area contributed by atoms with E-state index in [9.17, 15) is 4.79 Å². The Labute approximate surface area is 152 Å². The van der Waals surface area contributed by atoms with Gasteiger partial charge in [-0.15, -0.1) is 0 Å². The highest BCUT2D eigenvalue weighted by molar-refractivity contribution is 5.80. The molecule has 0 radical (unpaired) electrons. The van der Waals surface area contributed by atoms with E-state index in [0.717, 1.165) is 32.1 Å². The Morgan fingerprint density at radius 2 is 1.40 bits per heavy atom. The number of Topliss-reactive ketones (excluding diaryl/α,β-unsaturated/α-hetero) is 1. The van der Waals surface area contributed by atoms with Gasteiger partial charge in [0.05, 0.1) is 0 Å². The van der Waals surface area contributed by atoms with Crippen LogP contribution in [0.15, 0.2) is 48.5 Å². The van der Waals surface area contributed by atoms with Crippen molar-refractivity contribution in [3.05, 3.63) is 59.7 Å². The maximum absolute atomic E-state index is 11.9. The lowest BCUT2D eigenvalue weighted by Gasteiger charge is -2.28. The Hall–Kier alpha value is -1.89. The quantitative estimate of drug-likeness (QED) is 0.584. The van der Waals surface area contributed by atoms with Gasteiger partial charge in [-0.05, 0) is 60.3 Å². The van der Waals surface area contributed by atoms with E-state index < -0.39 is 0 Å². The first-order chi connectivity index (χ1) is 12.2. The maximum atomic E-state index is 11.9. The fourth-order valence-electron chi connectivity index (χ4n) is 4.14. The number of rotatable bonds is 6. The van der Waals surface area contributed by atoms with Gasteiger partial charge in [-0.1, -0.05) is 68.8 Å². The van der Waals surface area contributed by atoms with Crippen LogP contribution in [0.2, 0.25) is 0 Å². The number of aryl methyl sites for hydroxylation is 1. The molecule has 0 saturated heterocycles. The highest BCUT2D eigenvalue weighted by atomic mass is 16.1. The summed E-state index contributed by atoms with van der Waals surface area (Å²) in [5.41, 5.74) is 5.44. The summed E-state index contributed by atoms with van der Waals surface area (Å²) >= 11 is 0. The average Bonchev–Trinajstić information content (AvgIpc) is 2.68. The molecule has 1 nitrogen and oxygen atoms in total. The highest BCUT2D eigenvalue weighted by Gasteiger charge is 2.25. The van der Waals surface area contributed by atoms with Crippen molar-refractivity contribution in [3.8, 4) is 11.1 Å². The van der Waals surface area contributed by atoms with Gasteiger partial charge in [0.15, 0.2) is 0 Å². The predicted molar refractivity (Wildman–Crippen MR) is 106 cm³/mol. The van der Waals surface area contributed by atoms with Crippen LogP contribution < -0.4 is 0 Å². The Kier molecular flexibility index (Phi) is 6.07. The van der Waals surface area contributed by atoms with Gasteiger partial charge < -0.3 is 0 Å². The van der Waals surface area contributed by atoms with E-state index in [1.54, 1.807) is 0 Å². The highest BCUT2D eigenvalue weighted by Crippen LogP contribution is 2.37. The fraction of sp³-hybridized carbons (Fsp3) is 0.458. The topological polar surface area (TPSA) is 17.1 Å². The first kappa shape index (κ1) is 17.9. The van der Waals surface area contributed by atoms with Gasteiger partial charge in [-0.2, -0.15) is 0 Å². The molecule has 2 aromatic rings. The molecule has 0 heterocycles. The number of benzene rings is 2. The predicted octanol–water partition coefficient (Wildman–Crippen LogP) is 6.56. The van der Waals surface area contributed by atoms with Crippen molar-refractivity contribution in [3.63, 3.8) is 0 Å². The van der Waals surface area contributed by atoms with Gasteiger partial charge in [0.2, 0.25) is 0 Å². The number of hydrogen-bond acceptors (Lipinski definition) is 1. The summed E-state index contributed by atoms with van der Waals surface area (Å²) in [6.45, 7) is 4.21. The molecule has 0 spiro atoms. The molecule has 1 saturated carbocycles. The monoisotopic (exact) mass is 334 g/mol. The molecular weight excluding hydrogens is 304 g/mol. The summed E-state index contributed by atoms with van der Waals surface area (Å²) in [6, 6.07) is 18.1. The van der Waals surface area contributed by atoms with Crippen LogP contribution in [0.3, 0.4) is 0 Å². The van der Waals surface area contributed by atoms with Crippen LogP contribution in [-0.4, -0.2) is 5.78 Å². The van der Waals surface area contributed by atoms with Crippen molar-refractivity contribution in [1.29, 1.82) is 0 Å². The summed E-state index contributed by atoms with van der Waals surface area (Å²) in [7, 11) is 0. The van der Waals surface area contributed by atoms with Crippen LogP contribution >= 0.6 is 0 Å². The molecule has 0 aromatic heterocycles. The molecular formula is C24H30O. The fourth-order valence-corrected chi connectivity index (χ4v) is 4.14. The third kappa shape index (κ3) is 4.39. The van der Waals surface area contributed by atoms with Crippen molar-refractivity contribution >= 4 is 5.78 Å². The molecule has 0 bridgehead atoms. The lowest BCUT2D eigenvalue weighted by Crippen LogP contribution is -2.20. The van der Waals surface area contributed by atoms with E-state index >= 15 is 0 Å². The lowest BCUT2D eigenvalue weighted by molar-refractivity contribution is -0.123. The summed E-state index contributed by atoms with van der Waals surface area (Å²) in [5.74, 6) is 1.41. The molecule has 3 rings (SSSR count). The standard InChI is InChI=1S/C24H30O/c1-3-5-18-6-8-19(9-7-18)20-10-12-21(13-11-20)22-14-16-23(17-15-22)24(25)4-2/h6-13,22-23H,3-5,14-17H2,1-2H3. The minimum absolute atomic E-state index is 0.321. The van der Waals surface area contributed by atoms with Crippen molar-refractivity contribution in [2.75, 3.05) is 0 Å². The molecule has 0 atom stereocenters. The Morgan fingerprint density at radius 3 is 1.92 bits per heavy atom. The number of hydrogen-bond donors (Lipinski definition) is 0. The molecule has 0 N–H and O–H groups in total. The van der Waals surface area contributed by atoms with E-state index in [1.807, 2.05) is 6.92 Å². The number of carbonyl (C=O) groups excluding carboxylic acids is 1. The van der Waals surface area contributed by atoms with E-state index in [2.05, 4.69) is 55.5 Å². The molecule has 0 unspecified atom stereocenters. The Morgan fingerprint density at radius 1 is 0.840 bits per heavy atom. The zero-order valence-corrected chi connectivity index (χ0v) is 15.6. The second-order valence-corrected chi connectivity index (χ2v) is 7.44. The molecule has 2 aromatic carbocycles. The zero-order valence-electron chi connectivity index (χ0n) is 15.6. The van der Waals surface area contributed by atoms with Crippen LogP contribution in [0, 0.1) is 5.92 Å². The number of ketones is 1. The molecule has 132 valence electrons. The van der Waals surface area contributed by atoms with Gasteiger partial charge in [0.1, 0.15) is 5.78 Å². The van der Waals surface area contributed by atoms with Crippen molar-refractivity contribution in [2.45, 2.75) is 64.7 Å². The van der Waals surface area contributed by atoms with Crippen molar-refractivity contribution < 1.29 is 4.79 Å². The van der Waals surface area contributed by atoms with Crippen LogP contribution in [0.1, 0.15) is 69.4 Å². The minimum atomic E-state index is 0.321. The summed E-state index contributed by atoms with van der Waals surface area (Å²) < 4.78 is 0. The maximum Gasteiger partial charge on any atom is 0.135 e. The van der Waals surface area contributed by atoms with Crippen LogP contribution in [-0.2, 0) is 11.2 Å². The molecule has 0 aliphatic heterocycles. The molecule has 25 heavy (non-hydrogen) atoms. The molecule has 1 aliphatic carbocycles. The molecule has 0 amide bonds. The average molecular weight is 335 g/mol. The Balaban J connectivity index is 1.63. The molecule has 1 aliphatic rings. The lowest BCUT2D eigenvalue weighted by atomic mass is 9.76. The minimum Gasteiger partial charge on any atom is -0.299 e. The van der Waals surface area contributed by atoms with E-state index in [1.165, 1.54) is 28.7 Å². The smallest absolute Gasteiger partial charge is 0.135 e. The van der Waals surface area contributed by atoms with Crippen molar-refractivity contribution in [1.82, 2.24) is 0 Å². The van der Waals surface area contributed by atoms with Gasteiger partial charge in [-0.25, -0.2) is 0 Å².